The zero-order valence-electron chi connectivity index (χ0n) is 12.2. The molecule has 0 heterocycles. The first kappa shape index (κ1) is 17.7. The summed E-state index contributed by atoms with van der Waals surface area (Å²) < 4.78 is 4.95. The van der Waals surface area contributed by atoms with Crippen molar-refractivity contribution in [2.75, 3.05) is 54.0 Å². The number of carboxylic acids is 1. The minimum atomic E-state index is -0.904. The normalized spacial score (nSPS) is 12.3. The monoisotopic (exact) mass is 275 g/mol. The lowest BCUT2D eigenvalue weighted by atomic mass is 10.2. The number of nitrogens with zero attached hydrogens (tertiary/aromatic N) is 2. The topological polar surface area (TPSA) is 82.1 Å². The molecule has 0 spiro atoms. The molecule has 0 aromatic rings. The molecule has 0 fully saturated rings. The highest BCUT2D eigenvalue weighted by molar-refractivity contribution is 5.75. The fraction of sp³-hybridized carbons (Fsp3) is 0.833. The zero-order chi connectivity index (χ0) is 14.8. The minimum absolute atomic E-state index is 0.195. The van der Waals surface area contributed by atoms with E-state index in [0.29, 0.717) is 13.2 Å². The van der Waals surface area contributed by atoms with Crippen LogP contribution in [0.5, 0.6) is 0 Å². The summed E-state index contributed by atoms with van der Waals surface area (Å²) in [4.78, 5) is 25.8. The van der Waals surface area contributed by atoms with Gasteiger partial charge in [0.2, 0.25) is 0 Å². The Kier molecular flexibility index (Phi) is 8.90. The third-order valence-corrected chi connectivity index (χ3v) is 2.76. The maximum atomic E-state index is 11.7. The van der Waals surface area contributed by atoms with Crippen LogP contribution in [-0.2, 0) is 9.53 Å². The second kappa shape index (κ2) is 9.57. The standard InChI is InChI=1S/C12H25N3O4/c1-10(11(16)17)9-15(3)12(18)13-5-6-14(2)7-8-19-4/h10H,5-9H2,1-4H3,(H,13,18)(H,16,17). The Morgan fingerprint density at radius 2 is 1.95 bits per heavy atom. The molecule has 0 aromatic carbocycles. The molecule has 0 aliphatic heterocycles. The average molecular weight is 275 g/mol. The van der Waals surface area contributed by atoms with Crippen molar-refractivity contribution in [3.63, 3.8) is 0 Å². The van der Waals surface area contributed by atoms with Crippen LogP contribution < -0.4 is 5.32 Å². The van der Waals surface area contributed by atoms with Crippen molar-refractivity contribution >= 4 is 12.0 Å². The van der Waals surface area contributed by atoms with E-state index in [-0.39, 0.29) is 12.6 Å². The molecule has 0 radical (unpaired) electrons. The molecular weight excluding hydrogens is 250 g/mol. The second-order valence-corrected chi connectivity index (χ2v) is 4.65. The second-order valence-electron chi connectivity index (χ2n) is 4.65. The number of aliphatic carboxylic acids is 1. The zero-order valence-corrected chi connectivity index (χ0v) is 12.2. The molecule has 112 valence electrons. The molecule has 2 N–H and O–H groups in total. The van der Waals surface area contributed by atoms with E-state index in [9.17, 15) is 9.59 Å². The Morgan fingerprint density at radius 1 is 1.32 bits per heavy atom. The molecule has 1 unspecified atom stereocenters. The van der Waals surface area contributed by atoms with Crippen molar-refractivity contribution in [1.82, 2.24) is 15.1 Å². The van der Waals surface area contributed by atoms with Crippen LogP contribution in [0.15, 0.2) is 0 Å². The number of rotatable bonds is 9. The van der Waals surface area contributed by atoms with Gasteiger partial charge in [-0.2, -0.15) is 0 Å². The molecule has 0 rings (SSSR count). The molecule has 7 nitrogen and oxygen atoms in total. The maximum Gasteiger partial charge on any atom is 0.317 e. The number of hydrogen-bond acceptors (Lipinski definition) is 4. The van der Waals surface area contributed by atoms with Crippen molar-refractivity contribution in [3.05, 3.63) is 0 Å². The number of carbonyl (C=O) groups excluding carboxylic acids is 1. The highest BCUT2D eigenvalue weighted by Crippen LogP contribution is 1.98. The predicted molar refractivity (Wildman–Crippen MR) is 72.2 cm³/mol. The molecule has 0 bridgehead atoms. The van der Waals surface area contributed by atoms with Crippen LogP contribution in [0.4, 0.5) is 4.79 Å². The average Bonchev–Trinajstić information content (AvgIpc) is 2.35. The largest absolute Gasteiger partial charge is 0.481 e. The van der Waals surface area contributed by atoms with Gasteiger partial charge in [0, 0.05) is 40.3 Å². The molecule has 0 saturated heterocycles. The number of nitrogens with one attached hydrogen (secondary N) is 1. The third kappa shape index (κ3) is 8.39. The quantitative estimate of drug-likeness (QED) is 0.615. The number of carbonyl (C=O) groups is 2. The Bertz CT molecular complexity index is 286. The first-order valence-electron chi connectivity index (χ1n) is 6.27. The predicted octanol–water partition coefficient (Wildman–Crippen LogP) is -0.0733. The molecule has 1 atom stereocenters. The first-order valence-corrected chi connectivity index (χ1v) is 6.27. The van der Waals surface area contributed by atoms with Gasteiger partial charge >= 0.3 is 12.0 Å². The summed E-state index contributed by atoms with van der Waals surface area (Å²) in [6.45, 7) is 4.46. The van der Waals surface area contributed by atoms with Gasteiger partial charge in [0.1, 0.15) is 0 Å². The van der Waals surface area contributed by atoms with Crippen LogP contribution in [0.1, 0.15) is 6.92 Å². The van der Waals surface area contributed by atoms with Gasteiger partial charge in [-0.15, -0.1) is 0 Å². The Balaban J connectivity index is 3.82. The molecule has 7 heteroatoms. The lowest BCUT2D eigenvalue weighted by Gasteiger charge is -2.21. The number of urea groups is 1. The van der Waals surface area contributed by atoms with E-state index in [1.54, 1.807) is 21.1 Å². The van der Waals surface area contributed by atoms with Crippen molar-refractivity contribution < 1.29 is 19.4 Å². The number of likely N-dealkylation sites (N-methyl/N-ethyl adjacent to an activating group) is 1. The molecule has 0 saturated carbocycles. The van der Waals surface area contributed by atoms with Crippen LogP contribution in [-0.4, -0.2) is 80.9 Å². The van der Waals surface area contributed by atoms with Crippen LogP contribution in [0.3, 0.4) is 0 Å². The fourth-order valence-corrected chi connectivity index (χ4v) is 1.42. The van der Waals surface area contributed by atoms with E-state index >= 15 is 0 Å². The number of carboxylic acid groups (broad SMARTS) is 1. The van der Waals surface area contributed by atoms with Gasteiger partial charge in [-0.1, -0.05) is 6.92 Å². The van der Waals surface area contributed by atoms with Crippen molar-refractivity contribution in [2.45, 2.75) is 6.92 Å². The summed E-state index contributed by atoms with van der Waals surface area (Å²) in [5, 5.41) is 11.5. The van der Waals surface area contributed by atoms with E-state index < -0.39 is 11.9 Å². The van der Waals surface area contributed by atoms with Crippen LogP contribution in [0.2, 0.25) is 0 Å². The molecular formula is C12H25N3O4. The van der Waals surface area contributed by atoms with Gasteiger partial charge < -0.3 is 25.0 Å². The van der Waals surface area contributed by atoms with Crippen molar-refractivity contribution in [2.24, 2.45) is 5.92 Å². The fourth-order valence-electron chi connectivity index (χ4n) is 1.42. The van der Waals surface area contributed by atoms with E-state index in [1.165, 1.54) is 4.90 Å². The highest BCUT2D eigenvalue weighted by Gasteiger charge is 2.16. The molecule has 0 aliphatic carbocycles. The first-order chi connectivity index (χ1) is 8.88. The SMILES string of the molecule is COCCN(C)CCNC(=O)N(C)CC(C)C(=O)O. The van der Waals surface area contributed by atoms with Gasteiger partial charge in [0.15, 0.2) is 0 Å². The van der Waals surface area contributed by atoms with E-state index in [2.05, 4.69) is 5.32 Å². The van der Waals surface area contributed by atoms with Crippen LogP contribution in [0.25, 0.3) is 0 Å². The molecule has 0 aliphatic rings. The smallest absolute Gasteiger partial charge is 0.317 e. The van der Waals surface area contributed by atoms with Gasteiger partial charge in [-0.3, -0.25) is 4.79 Å². The number of ether oxygens (including phenoxy) is 1. The summed E-state index contributed by atoms with van der Waals surface area (Å²) in [5.74, 6) is -1.47. The lowest BCUT2D eigenvalue weighted by molar-refractivity contribution is -0.141. The van der Waals surface area contributed by atoms with Crippen molar-refractivity contribution in [1.29, 1.82) is 0 Å². The summed E-state index contributed by atoms with van der Waals surface area (Å²) in [6.07, 6.45) is 0. The van der Waals surface area contributed by atoms with E-state index in [1.807, 2.05) is 11.9 Å². The Labute approximate surface area is 114 Å². The van der Waals surface area contributed by atoms with Crippen molar-refractivity contribution in [3.8, 4) is 0 Å². The summed E-state index contributed by atoms with van der Waals surface area (Å²) >= 11 is 0. The summed E-state index contributed by atoms with van der Waals surface area (Å²) in [6, 6.07) is -0.256. The maximum absolute atomic E-state index is 11.7. The highest BCUT2D eigenvalue weighted by atomic mass is 16.5. The number of amides is 2. The summed E-state index contributed by atoms with van der Waals surface area (Å²) in [7, 11) is 5.18. The van der Waals surface area contributed by atoms with Gasteiger partial charge in [0.25, 0.3) is 0 Å². The molecule has 2 amide bonds. The minimum Gasteiger partial charge on any atom is -0.481 e. The van der Waals surface area contributed by atoms with Gasteiger partial charge in [-0.05, 0) is 7.05 Å². The molecule has 0 aromatic heterocycles. The van der Waals surface area contributed by atoms with E-state index in [4.69, 9.17) is 9.84 Å². The van der Waals surface area contributed by atoms with Crippen LogP contribution in [0, 0.1) is 5.92 Å². The number of hydrogen-bond donors (Lipinski definition) is 2. The number of methoxy groups -OCH3 is 1. The molecule has 19 heavy (non-hydrogen) atoms. The van der Waals surface area contributed by atoms with Crippen LogP contribution >= 0.6 is 0 Å². The van der Waals surface area contributed by atoms with E-state index in [0.717, 1.165) is 13.1 Å². The third-order valence-electron chi connectivity index (χ3n) is 2.76. The van der Waals surface area contributed by atoms with Gasteiger partial charge in [-0.25, -0.2) is 4.79 Å². The summed E-state index contributed by atoms with van der Waals surface area (Å²) in [5.41, 5.74) is 0. The Hall–Kier alpha value is -1.34. The Morgan fingerprint density at radius 3 is 2.47 bits per heavy atom. The lowest BCUT2D eigenvalue weighted by Crippen LogP contribution is -2.43. The van der Waals surface area contributed by atoms with Gasteiger partial charge in [0.05, 0.1) is 12.5 Å².